The molecule has 1 spiro atoms. The SMILES string of the molecule is O=C(C1CCOCC1)N1CC[C@@]2(CCCN(C3CCCCC3)C2=O)C1. The quantitative estimate of drug-likeness (QED) is 0.771. The largest absolute Gasteiger partial charge is 0.381 e. The summed E-state index contributed by atoms with van der Waals surface area (Å²) in [5.74, 6) is 0.729. The monoisotopic (exact) mass is 348 g/mol. The number of amides is 2. The summed E-state index contributed by atoms with van der Waals surface area (Å²) in [6.45, 7) is 3.75. The first kappa shape index (κ1) is 17.3. The Kier molecular flexibility index (Phi) is 5.03. The number of ether oxygens (including phenoxy) is 1. The molecule has 4 aliphatic rings. The van der Waals surface area contributed by atoms with Crippen LogP contribution in [0.25, 0.3) is 0 Å². The van der Waals surface area contributed by atoms with E-state index in [-0.39, 0.29) is 17.2 Å². The molecule has 0 bridgehead atoms. The fraction of sp³-hybridized carbons (Fsp3) is 0.900. The minimum Gasteiger partial charge on any atom is -0.381 e. The molecule has 4 rings (SSSR count). The summed E-state index contributed by atoms with van der Waals surface area (Å²) in [7, 11) is 0. The van der Waals surface area contributed by atoms with Crippen LogP contribution in [0.3, 0.4) is 0 Å². The fourth-order valence-corrected chi connectivity index (χ4v) is 5.48. The lowest BCUT2D eigenvalue weighted by Gasteiger charge is -2.44. The van der Waals surface area contributed by atoms with Crippen molar-refractivity contribution in [2.75, 3.05) is 32.8 Å². The molecule has 0 aromatic carbocycles. The summed E-state index contributed by atoms with van der Waals surface area (Å²) in [4.78, 5) is 30.4. The lowest BCUT2D eigenvalue weighted by atomic mass is 9.77. The molecule has 1 saturated carbocycles. The second-order valence-electron chi connectivity index (χ2n) is 8.57. The van der Waals surface area contributed by atoms with E-state index in [9.17, 15) is 9.59 Å². The van der Waals surface area contributed by atoms with Gasteiger partial charge in [-0.2, -0.15) is 0 Å². The number of hydrogen-bond acceptors (Lipinski definition) is 3. The number of carbonyl (C=O) groups is 2. The van der Waals surface area contributed by atoms with Gasteiger partial charge in [0.1, 0.15) is 0 Å². The Morgan fingerprint density at radius 3 is 2.48 bits per heavy atom. The van der Waals surface area contributed by atoms with Crippen molar-refractivity contribution in [3.05, 3.63) is 0 Å². The van der Waals surface area contributed by atoms with E-state index in [1.807, 2.05) is 4.90 Å². The summed E-state index contributed by atoms with van der Waals surface area (Å²) in [5.41, 5.74) is -0.281. The molecule has 4 fully saturated rings. The minimum absolute atomic E-state index is 0.108. The van der Waals surface area contributed by atoms with Crippen LogP contribution in [0.2, 0.25) is 0 Å². The highest BCUT2D eigenvalue weighted by Crippen LogP contribution is 2.42. The van der Waals surface area contributed by atoms with Gasteiger partial charge >= 0.3 is 0 Å². The minimum atomic E-state index is -0.281. The molecular formula is C20H32N2O3. The average Bonchev–Trinajstić information content (AvgIpc) is 3.10. The normalized spacial score (nSPS) is 32.6. The van der Waals surface area contributed by atoms with E-state index in [0.717, 1.165) is 45.2 Å². The molecule has 5 heteroatoms. The van der Waals surface area contributed by atoms with Crippen molar-refractivity contribution in [3.63, 3.8) is 0 Å². The number of rotatable bonds is 2. The topological polar surface area (TPSA) is 49.9 Å². The van der Waals surface area contributed by atoms with Gasteiger partial charge in [0.15, 0.2) is 0 Å². The zero-order valence-electron chi connectivity index (χ0n) is 15.4. The smallest absolute Gasteiger partial charge is 0.230 e. The summed E-state index contributed by atoms with van der Waals surface area (Å²) in [5, 5.41) is 0. The van der Waals surface area contributed by atoms with Gasteiger partial charge in [-0.3, -0.25) is 9.59 Å². The predicted molar refractivity (Wildman–Crippen MR) is 95.0 cm³/mol. The van der Waals surface area contributed by atoms with E-state index in [2.05, 4.69) is 4.90 Å². The van der Waals surface area contributed by atoms with E-state index in [0.29, 0.717) is 31.7 Å². The van der Waals surface area contributed by atoms with Crippen molar-refractivity contribution in [2.24, 2.45) is 11.3 Å². The molecule has 0 aromatic rings. The van der Waals surface area contributed by atoms with Crippen molar-refractivity contribution in [2.45, 2.75) is 70.3 Å². The Bertz CT molecular complexity index is 511. The van der Waals surface area contributed by atoms with Gasteiger partial charge in [0, 0.05) is 44.8 Å². The Labute approximate surface area is 151 Å². The van der Waals surface area contributed by atoms with E-state index in [1.54, 1.807) is 0 Å². The molecule has 0 aromatic heterocycles. The summed E-state index contributed by atoms with van der Waals surface area (Å²) < 4.78 is 5.39. The first-order valence-electron chi connectivity index (χ1n) is 10.4. The number of hydrogen-bond donors (Lipinski definition) is 0. The molecule has 3 saturated heterocycles. The molecule has 3 heterocycles. The van der Waals surface area contributed by atoms with E-state index >= 15 is 0 Å². The van der Waals surface area contributed by atoms with Gasteiger partial charge in [-0.25, -0.2) is 0 Å². The summed E-state index contributed by atoms with van der Waals surface area (Å²) in [6, 6.07) is 0.457. The van der Waals surface area contributed by atoms with Gasteiger partial charge in [-0.1, -0.05) is 19.3 Å². The summed E-state index contributed by atoms with van der Waals surface area (Å²) >= 11 is 0. The third-order valence-corrected chi connectivity index (χ3v) is 7.02. The molecule has 1 aliphatic carbocycles. The number of carbonyl (C=O) groups excluding carboxylic acids is 2. The second-order valence-corrected chi connectivity index (χ2v) is 8.57. The van der Waals surface area contributed by atoms with Crippen molar-refractivity contribution >= 4 is 11.8 Å². The van der Waals surface area contributed by atoms with Gasteiger partial charge in [0.2, 0.25) is 11.8 Å². The molecule has 0 radical (unpaired) electrons. The maximum Gasteiger partial charge on any atom is 0.230 e. The lowest BCUT2D eigenvalue weighted by Crippen LogP contribution is -2.54. The number of likely N-dealkylation sites (tertiary alicyclic amines) is 2. The maximum absolute atomic E-state index is 13.4. The van der Waals surface area contributed by atoms with Crippen LogP contribution in [0, 0.1) is 11.3 Å². The fourth-order valence-electron chi connectivity index (χ4n) is 5.48. The molecule has 2 amide bonds. The van der Waals surface area contributed by atoms with Crippen molar-refractivity contribution in [1.29, 1.82) is 0 Å². The number of nitrogens with zero attached hydrogens (tertiary/aromatic N) is 2. The molecule has 140 valence electrons. The molecule has 3 aliphatic heterocycles. The molecule has 0 N–H and O–H groups in total. The van der Waals surface area contributed by atoms with Crippen molar-refractivity contribution < 1.29 is 14.3 Å². The Balaban J connectivity index is 1.42. The molecular weight excluding hydrogens is 316 g/mol. The van der Waals surface area contributed by atoms with E-state index < -0.39 is 0 Å². The van der Waals surface area contributed by atoms with Gasteiger partial charge in [0.25, 0.3) is 0 Å². The number of piperidine rings is 1. The van der Waals surface area contributed by atoms with Gasteiger partial charge in [-0.05, 0) is 44.9 Å². The third-order valence-electron chi connectivity index (χ3n) is 7.02. The molecule has 25 heavy (non-hydrogen) atoms. The lowest BCUT2D eigenvalue weighted by molar-refractivity contribution is -0.150. The zero-order valence-corrected chi connectivity index (χ0v) is 15.4. The van der Waals surface area contributed by atoms with Crippen LogP contribution < -0.4 is 0 Å². The molecule has 0 unspecified atom stereocenters. The molecule has 1 atom stereocenters. The second kappa shape index (κ2) is 7.26. The predicted octanol–water partition coefficient (Wildman–Crippen LogP) is 2.59. The Morgan fingerprint density at radius 1 is 0.960 bits per heavy atom. The highest BCUT2D eigenvalue weighted by Gasteiger charge is 2.51. The highest BCUT2D eigenvalue weighted by atomic mass is 16.5. The molecule has 5 nitrogen and oxygen atoms in total. The Morgan fingerprint density at radius 2 is 1.72 bits per heavy atom. The van der Waals surface area contributed by atoms with Crippen molar-refractivity contribution in [3.8, 4) is 0 Å². The average molecular weight is 348 g/mol. The van der Waals surface area contributed by atoms with Gasteiger partial charge in [-0.15, -0.1) is 0 Å². The van der Waals surface area contributed by atoms with Crippen molar-refractivity contribution in [1.82, 2.24) is 9.80 Å². The van der Waals surface area contributed by atoms with Crippen LogP contribution in [-0.2, 0) is 14.3 Å². The highest BCUT2D eigenvalue weighted by molar-refractivity contribution is 5.87. The Hall–Kier alpha value is -1.10. The van der Waals surface area contributed by atoms with Gasteiger partial charge in [0.05, 0.1) is 5.41 Å². The van der Waals surface area contributed by atoms with Crippen LogP contribution >= 0.6 is 0 Å². The van der Waals surface area contributed by atoms with Gasteiger partial charge < -0.3 is 14.5 Å². The van der Waals surface area contributed by atoms with Crippen LogP contribution in [0.4, 0.5) is 0 Å². The van der Waals surface area contributed by atoms with Crippen LogP contribution in [0.5, 0.6) is 0 Å². The first-order valence-corrected chi connectivity index (χ1v) is 10.4. The maximum atomic E-state index is 13.4. The van der Waals surface area contributed by atoms with Crippen LogP contribution in [0.15, 0.2) is 0 Å². The van der Waals surface area contributed by atoms with Crippen LogP contribution in [-0.4, -0.2) is 60.5 Å². The standard InChI is InChI=1S/C20H32N2O3/c23-18(16-7-13-25-14-8-16)21-12-10-20(15-21)9-4-11-22(19(20)24)17-5-2-1-3-6-17/h16-17H,1-15H2/t20-/m0/s1. The zero-order chi connectivity index (χ0) is 17.3. The third kappa shape index (κ3) is 3.32. The van der Waals surface area contributed by atoms with E-state index in [1.165, 1.54) is 32.1 Å². The first-order chi connectivity index (χ1) is 12.2. The summed E-state index contributed by atoms with van der Waals surface area (Å²) in [6.07, 6.45) is 10.8. The van der Waals surface area contributed by atoms with Crippen LogP contribution in [0.1, 0.15) is 64.2 Å². The van der Waals surface area contributed by atoms with E-state index in [4.69, 9.17) is 4.74 Å².